The van der Waals surface area contributed by atoms with Gasteiger partial charge in [0.25, 0.3) is 0 Å². The van der Waals surface area contributed by atoms with Gasteiger partial charge in [-0.3, -0.25) is 4.90 Å². The molecule has 116 valence electrons. The van der Waals surface area contributed by atoms with Gasteiger partial charge in [0.1, 0.15) is 0 Å². The van der Waals surface area contributed by atoms with Crippen molar-refractivity contribution in [2.75, 3.05) is 31.1 Å². The zero-order valence-electron chi connectivity index (χ0n) is 12.7. The lowest BCUT2D eigenvalue weighted by Crippen LogP contribution is -2.46. The standard InChI is InChI=1S/C18H20Cl2N2/c1-14-5-6-17(20)12-18(14)22-9-7-21(8-10-22)13-15-3-2-4-16(19)11-15/h2-6,11-12H,7-10,13H2,1H3. The van der Waals surface area contributed by atoms with E-state index >= 15 is 0 Å². The van der Waals surface area contributed by atoms with E-state index in [2.05, 4.69) is 41.0 Å². The number of piperazine rings is 1. The molecular formula is C18H20Cl2N2. The molecule has 2 aromatic carbocycles. The zero-order chi connectivity index (χ0) is 15.5. The summed E-state index contributed by atoms with van der Waals surface area (Å²) >= 11 is 12.2. The zero-order valence-corrected chi connectivity index (χ0v) is 14.2. The van der Waals surface area contributed by atoms with E-state index in [-0.39, 0.29) is 0 Å². The molecule has 2 aromatic rings. The molecule has 2 nitrogen and oxygen atoms in total. The molecule has 1 saturated heterocycles. The lowest BCUT2D eigenvalue weighted by molar-refractivity contribution is 0.250. The molecule has 0 amide bonds. The van der Waals surface area contributed by atoms with Crippen LogP contribution in [0.4, 0.5) is 5.69 Å². The van der Waals surface area contributed by atoms with Crippen molar-refractivity contribution in [3.05, 3.63) is 63.6 Å². The highest BCUT2D eigenvalue weighted by Crippen LogP contribution is 2.25. The van der Waals surface area contributed by atoms with Gasteiger partial charge in [0.05, 0.1) is 0 Å². The first-order chi connectivity index (χ1) is 10.6. The largest absolute Gasteiger partial charge is 0.369 e. The Balaban J connectivity index is 1.61. The van der Waals surface area contributed by atoms with E-state index < -0.39 is 0 Å². The summed E-state index contributed by atoms with van der Waals surface area (Å²) < 4.78 is 0. The van der Waals surface area contributed by atoms with E-state index in [9.17, 15) is 0 Å². The Kier molecular flexibility index (Phi) is 4.92. The van der Waals surface area contributed by atoms with Crippen molar-refractivity contribution in [2.45, 2.75) is 13.5 Å². The van der Waals surface area contributed by atoms with Crippen LogP contribution in [0.1, 0.15) is 11.1 Å². The number of hydrogen-bond donors (Lipinski definition) is 0. The summed E-state index contributed by atoms with van der Waals surface area (Å²) in [5, 5.41) is 1.62. The van der Waals surface area contributed by atoms with Gasteiger partial charge in [0.15, 0.2) is 0 Å². The second kappa shape index (κ2) is 6.91. The number of anilines is 1. The molecule has 0 aromatic heterocycles. The number of aryl methyl sites for hydroxylation is 1. The molecule has 1 aliphatic rings. The Labute approximate surface area is 142 Å². The summed E-state index contributed by atoms with van der Waals surface area (Å²) in [5.74, 6) is 0. The van der Waals surface area contributed by atoms with Crippen LogP contribution in [0.5, 0.6) is 0 Å². The van der Waals surface area contributed by atoms with Gasteiger partial charge in [0, 0.05) is 48.5 Å². The highest BCUT2D eigenvalue weighted by Gasteiger charge is 2.18. The molecule has 1 heterocycles. The third-order valence-corrected chi connectivity index (χ3v) is 4.65. The molecule has 3 rings (SSSR count). The normalized spacial score (nSPS) is 16.0. The maximum atomic E-state index is 6.14. The Bertz CT molecular complexity index is 649. The third-order valence-electron chi connectivity index (χ3n) is 4.18. The van der Waals surface area contributed by atoms with E-state index in [0.717, 1.165) is 42.8 Å². The fraction of sp³-hybridized carbons (Fsp3) is 0.333. The number of hydrogen-bond acceptors (Lipinski definition) is 2. The summed E-state index contributed by atoms with van der Waals surface area (Å²) in [6.45, 7) is 7.27. The Morgan fingerprint density at radius 1 is 0.909 bits per heavy atom. The molecule has 0 N–H and O–H groups in total. The summed E-state index contributed by atoms with van der Waals surface area (Å²) in [5.41, 5.74) is 3.82. The minimum Gasteiger partial charge on any atom is -0.369 e. The van der Waals surface area contributed by atoms with Gasteiger partial charge in [-0.2, -0.15) is 0 Å². The van der Waals surface area contributed by atoms with Crippen molar-refractivity contribution in [1.82, 2.24) is 4.90 Å². The number of benzene rings is 2. The van der Waals surface area contributed by atoms with Crippen LogP contribution in [-0.4, -0.2) is 31.1 Å². The van der Waals surface area contributed by atoms with Crippen LogP contribution in [0.2, 0.25) is 10.0 Å². The Morgan fingerprint density at radius 3 is 2.36 bits per heavy atom. The molecule has 0 aliphatic carbocycles. The molecule has 0 saturated carbocycles. The molecule has 0 spiro atoms. The van der Waals surface area contributed by atoms with Crippen molar-refractivity contribution in [3.63, 3.8) is 0 Å². The second-order valence-corrected chi connectivity index (χ2v) is 6.70. The predicted molar refractivity (Wildman–Crippen MR) is 95.1 cm³/mol. The van der Waals surface area contributed by atoms with Crippen molar-refractivity contribution in [2.24, 2.45) is 0 Å². The first kappa shape index (κ1) is 15.7. The average Bonchev–Trinajstić information content (AvgIpc) is 2.51. The van der Waals surface area contributed by atoms with Gasteiger partial charge in [-0.1, -0.05) is 41.4 Å². The smallest absolute Gasteiger partial charge is 0.0426 e. The fourth-order valence-corrected chi connectivity index (χ4v) is 3.34. The fourth-order valence-electron chi connectivity index (χ4n) is 2.96. The first-order valence-corrected chi connectivity index (χ1v) is 8.35. The summed E-state index contributed by atoms with van der Waals surface area (Å²) in [4.78, 5) is 4.90. The van der Waals surface area contributed by atoms with Crippen LogP contribution in [-0.2, 0) is 6.54 Å². The lowest BCUT2D eigenvalue weighted by Gasteiger charge is -2.37. The van der Waals surface area contributed by atoms with E-state index in [1.807, 2.05) is 18.2 Å². The van der Waals surface area contributed by atoms with Crippen LogP contribution in [0, 0.1) is 6.92 Å². The minimum absolute atomic E-state index is 0.807. The number of nitrogens with zero attached hydrogens (tertiary/aromatic N) is 2. The number of rotatable bonds is 3. The highest BCUT2D eigenvalue weighted by atomic mass is 35.5. The Hall–Kier alpha value is -1.22. The minimum atomic E-state index is 0.807. The summed E-state index contributed by atoms with van der Waals surface area (Å²) in [6, 6.07) is 14.2. The van der Waals surface area contributed by atoms with Gasteiger partial charge in [-0.25, -0.2) is 0 Å². The maximum Gasteiger partial charge on any atom is 0.0426 e. The molecule has 4 heteroatoms. The first-order valence-electron chi connectivity index (χ1n) is 7.60. The van der Waals surface area contributed by atoms with Crippen molar-refractivity contribution >= 4 is 28.9 Å². The van der Waals surface area contributed by atoms with Crippen molar-refractivity contribution in [3.8, 4) is 0 Å². The van der Waals surface area contributed by atoms with Gasteiger partial charge in [0.2, 0.25) is 0 Å². The quantitative estimate of drug-likeness (QED) is 0.807. The monoisotopic (exact) mass is 334 g/mol. The van der Waals surface area contributed by atoms with Crippen LogP contribution in [0.15, 0.2) is 42.5 Å². The van der Waals surface area contributed by atoms with Crippen LogP contribution >= 0.6 is 23.2 Å². The second-order valence-electron chi connectivity index (χ2n) is 5.82. The molecule has 0 unspecified atom stereocenters. The molecule has 1 aliphatic heterocycles. The van der Waals surface area contributed by atoms with Crippen LogP contribution in [0.25, 0.3) is 0 Å². The van der Waals surface area contributed by atoms with Crippen molar-refractivity contribution < 1.29 is 0 Å². The molecule has 22 heavy (non-hydrogen) atoms. The average molecular weight is 335 g/mol. The lowest BCUT2D eigenvalue weighted by atomic mass is 10.1. The van der Waals surface area contributed by atoms with E-state index in [1.54, 1.807) is 0 Å². The molecule has 0 atom stereocenters. The highest BCUT2D eigenvalue weighted by molar-refractivity contribution is 6.31. The Morgan fingerprint density at radius 2 is 1.64 bits per heavy atom. The van der Waals surface area contributed by atoms with Gasteiger partial charge >= 0.3 is 0 Å². The van der Waals surface area contributed by atoms with E-state index in [1.165, 1.54) is 16.8 Å². The molecular weight excluding hydrogens is 315 g/mol. The summed E-state index contributed by atoms with van der Waals surface area (Å²) in [6.07, 6.45) is 0. The molecule has 1 fully saturated rings. The van der Waals surface area contributed by atoms with Crippen molar-refractivity contribution in [1.29, 1.82) is 0 Å². The van der Waals surface area contributed by atoms with E-state index in [0.29, 0.717) is 0 Å². The SMILES string of the molecule is Cc1ccc(Cl)cc1N1CCN(Cc2cccc(Cl)c2)CC1. The predicted octanol–water partition coefficient (Wildman–Crippen LogP) is 4.62. The third kappa shape index (κ3) is 3.75. The van der Waals surface area contributed by atoms with E-state index in [4.69, 9.17) is 23.2 Å². The number of halogens is 2. The van der Waals surface area contributed by atoms with Gasteiger partial charge < -0.3 is 4.90 Å². The van der Waals surface area contributed by atoms with Gasteiger partial charge in [-0.15, -0.1) is 0 Å². The summed E-state index contributed by atoms with van der Waals surface area (Å²) in [7, 11) is 0. The molecule has 0 bridgehead atoms. The van der Waals surface area contributed by atoms with Crippen LogP contribution in [0.3, 0.4) is 0 Å². The van der Waals surface area contributed by atoms with Crippen LogP contribution < -0.4 is 4.90 Å². The van der Waals surface area contributed by atoms with Gasteiger partial charge in [-0.05, 0) is 42.3 Å². The topological polar surface area (TPSA) is 6.48 Å². The molecule has 0 radical (unpaired) electrons. The maximum absolute atomic E-state index is 6.14.